The van der Waals surface area contributed by atoms with E-state index in [1.54, 1.807) is 6.26 Å². The highest BCUT2D eigenvalue weighted by atomic mass is 16.3. The monoisotopic (exact) mass is 234 g/mol. The van der Waals surface area contributed by atoms with Gasteiger partial charge in [-0.25, -0.2) is 0 Å². The maximum Gasteiger partial charge on any atom is 0.117 e. The Balaban J connectivity index is 1.76. The second kappa shape index (κ2) is 4.14. The van der Waals surface area contributed by atoms with Crippen molar-refractivity contribution in [2.75, 3.05) is 13.6 Å². The minimum atomic E-state index is 0.232. The van der Waals surface area contributed by atoms with Crippen molar-refractivity contribution in [1.82, 2.24) is 4.90 Å². The fourth-order valence-corrected chi connectivity index (χ4v) is 4.08. The molecule has 1 aromatic rings. The Kier molecular flexibility index (Phi) is 2.75. The predicted molar refractivity (Wildman–Crippen MR) is 67.4 cm³/mol. The van der Waals surface area contributed by atoms with Crippen LogP contribution in [0.25, 0.3) is 0 Å². The van der Waals surface area contributed by atoms with E-state index in [1.165, 1.54) is 25.7 Å². The van der Waals surface area contributed by atoms with Crippen LogP contribution in [0.15, 0.2) is 22.8 Å². The lowest BCUT2D eigenvalue weighted by molar-refractivity contribution is 0.0536. The predicted octanol–water partition coefficient (Wildman–Crippen LogP) is 2.23. The molecule has 3 atom stereocenters. The minimum absolute atomic E-state index is 0.232. The van der Waals surface area contributed by atoms with E-state index in [0.29, 0.717) is 0 Å². The molecular weight excluding hydrogens is 212 g/mol. The number of hydrogen-bond acceptors (Lipinski definition) is 3. The molecule has 94 valence electrons. The molecule has 2 saturated carbocycles. The number of furan rings is 1. The largest absolute Gasteiger partial charge is 0.468 e. The van der Waals surface area contributed by atoms with Crippen LogP contribution in [0.4, 0.5) is 0 Å². The molecule has 0 amide bonds. The number of likely N-dealkylation sites (N-methyl/N-ethyl adjacent to an activating group) is 1. The van der Waals surface area contributed by atoms with Crippen LogP contribution in [0, 0.1) is 11.8 Å². The Hall–Kier alpha value is -0.800. The van der Waals surface area contributed by atoms with E-state index < -0.39 is 0 Å². The van der Waals surface area contributed by atoms with Crippen LogP contribution in [-0.2, 0) is 6.54 Å². The maximum absolute atomic E-state index is 6.11. The van der Waals surface area contributed by atoms with Gasteiger partial charge in [0.05, 0.1) is 12.8 Å². The number of hydrogen-bond donors (Lipinski definition) is 1. The molecule has 2 N–H and O–H groups in total. The van der Waals surface area contributed by atoms with Crippen LogP contribution in [0.3, 0.4) is 0 Å². The van der Waals surface area contributed by atoms with Gasteiger partial charge in [0.15, 0.2) is 0 Å². The van der Waals surface area contributed by atoms with Gasteiger partial charge in [-0.2, -0.15) is 0 Å². The molecule has 1 aromatic heterocycles. The average molecular weight is 234 g/mol. The van der Waals surface area contributed by atoms with E-state index in [1.807, 2.05) is 12.1 Å². The molecule has 3 nitrogen and oxygen atoms in total. The number of nitrogens with two attached hydrogens (primary N) is 1. The van der Waals surface area contributed by atoms with Gasteiger partial charge in [-0.05, 0) is 50.3 Å². The smallest absolute Gasteiger partial charge is 0.117 e. The Bertz CT molecular complexity index is 376. The first-order chi connectivity index (χ1) is 8.24. The van der Waals surface area contributed by atoms with Gasteiger partial charge in [0.1, 0.15) is 5.76 Å². The molecule has 0 aliphatic heterocycles. The van der Waals surface area contributed by atoms with Gasteiger partial charge in [0.25, 0.3) is 0 Å². The number of rotatable bonds is 4. The third-order valence-electron chi connectivity index (χ3n) is 5.03. The fraction of sp³-hybridized carbons (Fsp3) is 0.714. The van der Waals surface area contributed by atoms with Gasteiger partial charge in [-0.3, -0.25) is 4.90 Å². The summed E-state index contributed by atoms with van der Waals surface area (Å²) in [6, 6.07) is 4.01. The molecule has 1 heterocycles. The summed E-state index contributed by atoms with van der Waals surface area (Å²) >= 11 is 0. The van der Waals surface area contributed by atoms with Crippen LogP contribution in [0.5, 0.6) is 0 Å². The normalized spacial score (nSPS) is 35.9. The quantitative estimate of drug-likeness (QED) is 0.868. The maximum atomic E-state index is 6.11. The van der Waals surface area contributed by atoms with E-state index in [9.17, 15) is 0 Å². The number of nitrogens with zero attached hydrogens (tertiary/aromatic N) is 1. The standard InChI is InChI=1S/C14H22N2O/c1-16(9-13-3-2-6-17-13)14(10-15)8-11-4-5-12(14)7-11/h2-3,6,11-12H,4-5,7-10,15H2,1H3. The molecule has 2 fully saturated rings. The van der Waals surface area contributed by atoms with Crippen LogP contribution in [0.1, 0.15) is 31.4 Å². The zero-order chi connectivity index (χ0) is 11.9. The average Bonchev–Trinajstić information content (AvgIpc) is 3.04. The molecule has 0 aromatic carbocycles. The highest BCUT2D eigenvalue weighted by molar-refractivity contribution is 5.09. The molecule has 2 aliphatic rings. The molecule has 0 saturated heterocycles. The van der Waals surface area contributed by atoms with Gasteiger partial charge in [0, 0.05) is 12.1 Å². The number of fused-ring (bicyclic) bond motifs is 2. The molecule has 2 aliphatic carbocycles. The van der Waals surface area contributed by atoms with Crippen LogP contribution in [0.2, 0.25) is 0 Å². The summed E-state index contributed by atoms with van der Waals surface area (Å²) < 4.78 is 5.45. The molecular formula is C14H22N2O. The van der Waals surface area contributed by atoms with Crippen molar-refractivity contribution in [3.05, 3.63) is 24.2 Å². The van der Waals surface area contributed by atoms with Crippen molar-refractivity contribution in [2.24, 2.45) is 17.6 Å². The molecule has 17 heavy (non-hydrogen) atoms. The first-order valence-electron chi connectivity index (χ1n) is 6.68. The summed E-state index contributed by atoms with van der Waals surface area (Å²) in [5, 5.41) is 0. The highest BCUT2D eigenvalue weighted by Crippen LogP contribution is 2.52. The van der Waals surface area contributed by atoms with Crippen molar-refractivity contribution < 1.29 is 4.42 Å². The van der Waals surface area contributed by atoms with Crippen molar-refractivity contribution in [2.45, 2.75) is 37.8 Å². The first-order valence-corrected chi connectivity index (χ1v) is 6.68. The molecule has 3 unspecified atom stereocenters. The van der Waals surface area contributed by atoms with E-state index >= 15 is 0 Å². The van der Waals surface area contributed by atoms with E-state index in [-0.39, 0.29) is 5.54 Å². The fourth-order valence-electron chi connectivity index (χ4n) is 4.08. The summed E-state index contributed by atoms with van der Waals surface area (Å²) in [7, 11) is 2.20. The van der Waals surface area contributed by atoms with E-state index in [2.05, 4.69) is 11.9 Å². The second-order valence-corrected chi connectivity index (χ2v) is 5.82. The van der Waals surface area contributed by atoms with Crippen LogP contribution >= 0.6 is 0 Å². The van der Waals surface area contributed by atoms with Gasteiger partial charge in [-0.1, -0.05) is 6.42 Å². The van der Waals surface area contributed by atoms with Crippen molar-refractivity contribution >= 4 is 0 Å². The topological polar surface area (TPSA) is 42.4 Å². The summed E-state index contributed by atoms with van der Waals surface area (Å²) in [6.07, 6.45) is 7.20. The first kappa shape index (κ1) is 11.3. The molecule has 3 heteroatoms. The van der Waals surface area contributed by atoms with Gasteiger partial charge < -0.3 is 10.2 Å². The van der Waals surface area contributed by atoms with Crippen molar-refractivity contribution in [3.8, 4) is 0 Å². The van der Waals surface area contributed by atoms with E-state index in [4.69, 9.17) is 10.2 Å². The Morgan fingerprint density at radius 2 is 2.41 bits per heavy atom. The molecule has 0 spiro atoms. The Morgan fingerprint density at radius 3 is 2.94 bits per heavy atom. The third-order valence-corrected chi connectivity index (χ3v) is 5.03. The minimum Gasteiger partial charge on any atom is -0.468 e. The summed E-state index contributed by atoms with van der Waals surface area (Å²) in [5.41, 5.74) is 6.34. The lowest BCUT2D eigenvalue weighted by Crippen LogP contribution is -2.55. The van der Waals surface area contributed by atoms with Crippen molar-refractivity contribution in [1.29, 1.82) is 0 Å². The summed E-state index contributed by atoms with van der Waals surface area (Å²) in [5.74, 6) is 2.77. The Morgan fingerprint density at radius 1 is 1.53 bits per heavy atom. The van der Waals surface area contributed by atoms with Gasteiger partial charge in [0.2, 0.25) is 0 Å². The van der Waals surface area contributed by atoms with Gasteiger partial charge >= 0.3 is 0 Å². The lowest BCUT2D eigenvalue weighted by atomic mass is 9.79. The Labute approximate surface area is 103 Å². The van der Waals surface area contributed by atoms with E-state index in [0.717, 1.165) is 30.7 Å². The van der Waals surface area contributed by atoms with Crippen LogP contribution < -0.4 is 5.73 Å². The lowest BCUT2D eigenvalue weighted by Gasteiger charge is -2.44. The molecule has 2 bridgehead atoms. The zero-order valence-corrected chi connectivity index (χ0v) is 10.6. The van der Waals surface area contributed by atoms with Gasteiger partial charge in [-0.15, -0.1) is 0 Å². The van der Waals surface area contributed by atoms with Crippen molar-refractivity contribution in [3.63, 3.8) is 0 Å². The molecule has 0 radical (unpaired) electrons. The zero-order valence-electron chi connectivity index (χ0n) is 10.6. The summed E-state index contributed by atoms with van der Waals surface area (Å²) in [6.45, 7) is 1.67. The SMILES string of the molecule is CN(Cc1ccco1)C1(CN)CC2CCC1C2. The molecule has 3 rings (SSSR count). The highest BCUT2D eigenvalue weighted by Gasteiger charge is 2.52. The van der Waals surface area contributed by atoms with Crippen LogP contribution in [-0.4, -0.2) is 24.0 Å². The summed E-state index contributed by atoms with van der Waals surface area (Å²) in [4.78, 5) is 2.44. The second-order valence-electron chi connectivity index (χ2n) is 5.82. The third kappa shape index (κ3) is 1.72.